The van der Waals surface area contributed by atoms with E-state index in [9.17, 15) is 19.2 Å². The van der Waals surface area contributed by atoms with Gasteiger partial charge in [-0.15, -0.1) is 0 Å². The van der Waals surface area contributed by atoms with Gasteiger partial charge in [0.2, 0.25) is 0 Å². The number of carbonyl (C=O) groups is 2. The van der Waals surface area contributed by atoms with Gasteiger partial charge < -0.3 is 25.9 Å². The third-order valence-corrected chi connectivity index (χ3v) is 3.59. The molecule has 6 N–H and O–H groups in total. The number of hydrogen-bond donors (Lipinski definition) is 5. The van der Waals surface area contributed by atoms with Gasteiger partial charge >= 0.3 is 11.7 Å². The Morgan fingerprint density at radius 3 is 2.69 bits per heavy atom. The van der Waals surface area contributed by atoms with Crippen molar-refractivity contribution in [2.45, 2.75) is 13.3 Å². The first-order chi connectivity index (χ1) is 12.3. The Balaban J connectivity index is 1.88. The summed E-state index contributed by atoms with van der Waals surface area (Å²) in [5, 5.41) is 11.6. The van der Waals surface area contributed by atoms with E-state index >= 15 is 0 Å². The molecule has 1 aromatic heterocycles. The van der Waals surface area contributed by atoms with Crippen molar-refractivity contribution in [2.24, 2.45) is 0 Å². The maximum Gasteiger partial charge on any atom is 0.336 e. The fourth-order valence-corrected chi connectivity index (χ4v) is 2.22. The summed E-state index contributed by atoms with van der Waals surface area (Å²) in [5.74, 6) is -1.28. The van der Waals surface area contributed by atoms with Crippen molar-refractivity contribution in [3.63, 3.8) is 0 Å². The molecule has 138 valence electrons. The minimum Gasteiger partial charge on any atom is -0.493 e. The molecule has 2 aromatic rings. The number of carboxylic acid groups (broad SMARTS) is 1. The van der Waals surface area contributed by atoms with Crippen molar-refractivity contribution in [1.29, 1.82) is 0 Å². The zero-order chi connectivity index (χ0) is 19.3. The van der Waals surface area contributed by atoms with Gasteiger partial charge in [0.15, 0.2) is 0 Å². The normalized spacial score (nSPS) is 10.3. The molecular weight excluding hydrogens is 344 g/mol. The molecule has 0 aliphatic rings. The Morgan fingerprint density at radius 1 is 1.27 bits per heavy atom. The first-order valence-corrected chi connectivity index (χ1v) is 7.67. The first-order valence-electron chi connectivity index (χ1n) is 7.67. The van der Waals surface area contributed by atoms with Crippen LogP contribution in [-0.4, -0.2) is 40.1 Å². The summed E-state index contributed by atoms with van der Waals surface area (Å²) in [4.78, 5) is 49.7. The SMILES string of the molecule is Cc1c(OCCCNC(=O)c2[nH]c(=O)[nH]c(=O)c2N)cccc1C(=O)O. The fourth-order valence-electron chi connectivity index (χ4n) is 2.22. The van der Waals surface area contributed by atoms with Crippen LogP contribution in [0.5, 0.6) is 5.75 Å². The molecule has 1 heterocycles. The van der Waals surface area contributed by atoms with Crippen LogP contribution in [0.25, 0.3) is 0 Å². The van der Waals surface area contributed by atoms with Crippen LogP contribution in [0.4, 0.5) is 5.69 Å². The Labute approximate surface area is 147 Å². The first kappa shape index (κ1) is 18.8. The number of nitrogen functional groups attached to an aromatic ring is 1. The minimum atomic E-state index is -1.04. The molecule has 10 heteroatoms. The summed E-state index contributed by atoms with van der Waals surface area (Å²) in [7, 11) is 0. The van der Waals surface area contributed by atoms with E-state index in [4.69, 9.17) is 15.6 Å². The predicted molar refractivity (Wildman–Crippen MR) is 92.7 cm³/mol. The molecule has 0 saturated heterocycles. The zero-order valence-corrected chi connectivity index (χ0v) is 13.9. The number of H-pyrrole nitrogens is 2. The Kier molecular flexibility index (Phi) is 5.78. The molecule has 10 nitrogen and oxygen atoms in total. The molecule has 2 rings (SSSR count). The molecule has 0 atom stereocenters. The van der Waals surface area contributed by atoms with Gasteiger partial charge in [-0.05, 0) is 25.5 Å². The number of rotatable bonds is 7. The maximum atomic E-state index is 12.0. The second kappa shape index (κ2) is 8.01. The number of hydrogen-bond acceptors (Lipinski definition) is 6. The number of aromatic amines is 2. The van der Waals surface area contributed by atoms with Crippen molar-refractivity contribution in [2.75, 3.05) is 18.9 Å². The van der Waals surface area contributed by atoms with E-state index in [2.05, 4.69) is 10.3 Å². The highest BCUT2D eigenvalue weighted by Gasteiger charge is 2.14. The smallest absolute Gasteiger partial charge is 0.336 e. The fraction of sp³-hybridized carbons (Fsp3) is 0.250. The lowest BCUT2D eigenvalue weighted by Gasteiger charge is -2.11. The Bertz CT molecular complexity index is 946. The molecule has 26 heavy (non-hydrogen) atoms. The largest absolute Gasteiger partial charge is 0.493 e. The average molecular weight is 362 g/mol. The lowest BCUT2D eigenvalue weighted by atomic mass is 10.1. The number of carboxylic acids is 1. The van der Waals surface area contributed by atoms with E-state index in [1.54, 1.807) is 19.1 Å². The third kappa shape index (κ3) is 4.29. The summed E-state index contributed by atoms with van der Waals surface area (Å²) in [6.07, 6.45) is 0.413. The Hall–Kier alpha value is -3.56. The lowest BCUT2D eigenvalue weighted by molar-refractivity contribution is 0.0695. The van der Waals surface area contributed by atoms with Crippen LogP contribution in [0.2, 0.25) is 0 Å². The van der Waals surface area contributed by atoms with Crippen LogP contribution in [0.1, 0.15) is 32.8 Å². The summed E-state index contributed by atoms with van der Waals surface area (Å²) >= 11 is 0. The molecule has 1 amide bonds. The van der Waals surface area contributed by atoms with Crippen LogP contribution in [0, 0.1) is 6.92 Å². The van der Waals surface area contributed by atoms with Gasteiger partial charge in [0.25, 0.3) is 11.5 Å². The van der Waals surface area contributed by atoms with Crippen molar-refractivity contribution in [3.05, 3.63) is 55.9 Å². The molecule has 0 aliphatic carbocycles. The van der Waals surface area contributed by atoms with Crippen LogP contribution >= 0.6 is 0 Å². The van der Waals surface area contributed by atoms with Crippen molar-refractivity contribution in [3.8, 4) is 5.75 Å². The number of nitrogens with two attached hydrogens (primary N) is 1. The van der Waals surface area contributed by atoms with E-state index in [0.717, 1.165) is 0 Å². The number of nitrogens with one attached hydrogen (secondary N) is 3. The van der Waals surface area contributed by atoms with Gasteiger partial charge in [-0.2, -0.15) is 0 Å². The summed E-state index contributed by atoms with van der Waals surface area (Å²) < 4.78 is 5.52. The van der Waals surface area contributed by atoms with Crippen molar-refractivity contribution < 1.29 is 19.4 Å². The average Bonchev–Trinajstić information content (AvgIpc) is 2.58. The molecule has 0 saturated carbocycles. The second-order valence-electron chi connectivity index (χ2n) is 5.39. The number of anilines is 1. The van der Waals surface area contributed by atoms with Crippen LogP contribution in [-0.2, 0) is 0 Å². The standard InChI is InChI=1S/C16H18N4O6/c1-8-9(15(23)24)4-2-5-10(8)26-7-3-6-18-14(22)12-11(17)13(21)20-16(25)19-12/h2,4-5H,3,6-7,17H2,1H3,(H,18,22)(H,23,24)(H2,19,20,21,25). The zero-order valence-electron chi connectivity index (χ0n) is 13.9. The van der Waals surface area contributed by atoms with E-state index in [1.807, 2.05) is 4.98 Å². The van der Waals surface area contributed by atoms with E-state index in [-0.39, 0.29) is 30.1 Å². The van der Waals surface area contributed by atoms with E-state index in [1.165, 1.54) is 6.07 Å². The highest BCUT2D eigenvalue weighted by Crippen LogP contribution is 2.21. The summed E-state index contributed by atoms with van der Waals surface area (Å²) in [6, 6.07) is 4.72. The molecule has 0 spiro atoms. The minimum absolute atomic E-state index is 0.157. The number of aromatic nitrogens is 2. The number of ether oxygens (including phenoxy) is 1. The monoisotopic (exact) mass is 362 g/mol. The summed E-state index contributed by atoms with van der Waals surface area (Å²) in [5.41, 5.74) is 3.79. The number of amides is 1. The number of carbonyl (C=O) groups excluding carboxylic acids is 1. The quantitative estimate of drug-likeness (QED) is 0.427. The van der Waals surface area contributed by atoms with E-state index in [0.29, 0.717) is 17.7 Å². The number of aromatic carboxylic acids is 1. The highest BCUT2D eigenvalue weighted by molar-refractivity contribution is 5.96. The van der Waals surface area contributed by atoms with Gasteiger partial charge in [0.1, 0.15) is 17.1 Å². The topological polar surface area (TPSA) is 167 Å². The van der Waals surface area contributed by atoms with Crippen LogP contribution in [0.15, 0.2) is 27.8 Å². The molecule has 1 aromatic carbocycles. The van der Waals surface area contributed by atoms with Gasteiger partial charge in [0, 0.05) is 12.1 Å². The molecule has 0 unspecified atom stereocenters. The third-order valence-electron chi connectivity index (χ3n) is 3.59. The summed E-state index contributed by atoms with van der Waals surface area (Å²) in [6.45, 7) is 2.07. The molecule has 0 bridgehead atoms. The van der Waals surface area contributed by atoms with Crippen LogP contribution in [0.3, 0.4) is 0 Å². The molecule has 0 radical (unpaired) electrons. The lowest BCUT2D eigenvalue weighted by Crippen LogP contribution is -2.34. The molecule has 0 aliphatic heterocycles. The van der Waals surface area contributed by atoms with Crippen molar-refractivity contribution >= 4 is 17.6 Å². The Morgan fingerprint density at radius 2 is 2.00 bits per heavy atom. The highest BCUT2D eigenvalue weighted by atomic mass is 16.5. The van der Waals surface area contributed by atoms with Crippen molar-refractivity contribution in [1.82, 2.24) is 15.3 Å². The number of benzene rings is 1. The second-order valence-corrected chi connectivity index (χ2v) is 5.39. The van der Waals surface area contributed by atoms with Gasteiger partial charge in [-0.3, -0.25) is 14.6 Å². The molecule has 0 fully saturated rings. The molecular formula is C16H18N4O6. The maximum absolute atomic E-state index is 12.0. The van der Waals surface area contributed by atoms with E-state index < -0.39 is 23.1 Å². The van der Waals surface area contributed by atoms with Gasteiger partial charge in [-0.1, -0.05) is 6.07 Å². The van der Waals surface area contributed by atoms with Crippen LogP contribution < -0.4 is 27.0 Å². The van der Waals surface area contributed by atoms with Gasteiger partial charge in [-0.25, -0.2) is 9.59 Å². The predicted octanol–water partition coefficient (Wildman–Crippen LogP) is -0.149. The van der Waals surface area contributed by atoms with Gasteiger partial charge in [0.05, 0.1) is 12.2 Å².